The molecule has 2 aromatic heterocycles. The number of H-pyrrole nitrogens is 1. The number of aromatic nitrogens is 4. The molecule has 2 heterocycles. The molecule has 24 heavy (non-hydrogen) atoms. The topological polar surface area (TPSA) is 114 Å². The first-order valence-corrected chi connectivity index (χ1v) is 7.04. The highest BCUT2D eigenvalue weighted by Crippen LogP contribution is 2.20. The molecule has 0 aliphatic heterocycles. The summed E-state index contributed by atoms with van der Waals surface area (Å²) in [6, 6.07) is 7.51. The maximum Gasteiger partial charge on any atom is 0.239 e. The summed E-state index contributed by atoms with van der Waals surface area (Å²) in [6.07, 6.45) is 4.41. The minimum atomic E-state index is -0.408. The van der Waals surface area contributed by atoms with Crippen molar-refractivity contribution in [2.24, 2.45) is 0 Å². The summed E-state index contributed by atoms with van der Waals surface area (Å²) in [5.74, 6) is -0.0707. The van der Waals surface area contributed by atoms with Crippen molar-refractivity contribution in [2.75, 3.05) is 7.11 Å². The minimum absolute atomic E-state index is 0.0523. The molecule has 0 saturated carbocycles. The van der Waals surface area contributed by atoms with Gasteiger partial charge in [-0.1, -0.05) is 12.1 Å². The maximum absolute atomic E-state index is 12.3. The molecule has 8 nitrogen and oxygen atoms in total. The predicted molar refractivity (Wildman–Crippen MR) is 83.6 cm³/mol. The number of hydrogen-bond donors (Lipinski definition) is 2. The lowest BCUT2D eigenvalue weighted by atomic mass is 10.0. The number of furan rings is 1. The highest BCUT2D eigenvalue weighted by Gasteiger charge is 2.15. The van der Waals surface area contributed by atoms with Crippen LogP contribution in [0, 0.1) is 0 Å². The van der Waals surface area contributed by atoms with Crippen molar-refractivity contribution in [3.8, 4) is 5.75 Å². The third-order valence-electron chi connectivity index (χ3n) is 3.40. The number of methoxy groups -OCH3 is 1. The van der Waals surface area contributed by atoms with Gasteiger partial charge in [0.2, 0.25) is 5.82 Å². The van der Waals surface area contributed by atoms with E-state index in [0.29, 0.717) is 17.5 Å². The van der Waals surface area contributed by atoms with Crippen molar-refractivity contribution >= 4 is 11.5 Å². The predicted octanol–water partition coefficient (Wildman–Crippen LogP) is 2.17. The van der Waals surface area contributed by atoms with Gasteiger partial charge in [-0.3, -0.25) is 4.79 Å². The standard InChI is InChI=1S/C16H14N4O4/c1-23-12-4-2-10(3-5-12)6-11-8-24-9-13(11)14(21)7-15(22)16-17-19-20-18-16/h2-5,7-9,22H,6H2,1H3,(H,17,18,19,20). The van der Waals surface area contributed by atoms with Gasteiger partial charge in [-0.25, -0.2) is 0 Å². The van der Waals surface area contributed by atoms with Crippen LogP contribution in [0.4, 0.5) is 0 Å². The number of carbonyl (C=O) groups excluding carboxylic acids is 1. The largest absolute Gasteiger partial charge is 0.504 e. The average molecular weight is 326 g/mol. The monoisotopic (exact) mass is 326 g/mol. The molecule has 3 aromatic rings. The number of tetrazole rings is 1. The number of nitrogens with one attached hydrogen (secondary N) is 1. The van der Waals surface area contributed by atoms with Crippen LogP contribution in [0.5, 0.6) is 5.75 Å². The molecule has 0 fully saturated rings. The Morgan fingerprint density at radius 3 is 2.79 bits per heavy atom. The van der Waals surface area contributed by atoms with Crippen LogP contribution < -0.4 is 4.74 Å². The number of aliphatic hydroxyl groups excluding tert-OH is 1. The molecule has 0 spiro atoms. The van der Waals surface area contributed by atoms with E-state index in [9.17, 15) is 9.90 Å². The van der Waals surface area contributed by atoms with Crippen LogP contribution in [0.1, 0.15) is 27.3 Å². The lowest BCUT2D eigenvalue weighted by Gasteiger charge is -2.03. The van der Waals surface area contributed by atoms with Gasteiger partial charge >= 0.3 is 0 Å². The molecular formula is C16H14N4O4. The number of ether oxygens (including phenoxy) is 1. The smallest absolute Gasteiger partial charge is 0.239 e. The van der Waals surface area contributed by atoms with E-state index in [0.717, 1.165) is 17.4 Å². The Bertz CT molecular complexity index is 851. The van der Waals surface area contributed by atoms with Gasteiger partial charge in [-0.05, 0) is 22.9 Å². The quantitative estimate of drug-likeness (QED) is 0.405. The van der Waals surface area contributed by atoms with Crippen molar-refractivity contribution in [3.05, 3.63) is 65.4 Å². The summed E-state index contributed by atoms with van der Waals surface area (Å²) < 4.78 is 10.3. The number of ketones is 1. The van der Waals surface area contributed by atoms with Crippen molar-refractivity contribution in [1.82, 2.24) is 20.6 Å². The van der Waals surface area contributed by atoms with Crippen molar-refractivity contribution < 1.29 is 19.1 Å². The van der Waals surface area contributed by atoms with E-state index in [1.807, 2.05) is 24.3 Å². The Kier molecular flexibility index (Phi) is 4.37. The molecule has 0 bridgehead atoms. The number of hydrogen-bond acceptors (Lipinski definition) is 7. The van der Waals surface area contributed by atoms with Crippen molar-refractivity contribution in [3.63, 3.8) is 0 Å². The summed E-state index contributed by atoms with van der Waals surface area (Å²) in [7, 11) is 1.60. The Balaban J connectivity index is 1.79. The number of aliphatic hydroxyl groups is 1. The summed E-state index contributed by atoms with van der Waals surface area (Å²) in [4.78, 5) is 12.3. The first-order chi connectivity index (χ1) is 11.7. The Morgan fingerprint density at radius 2 is 2.12 bits per heavy atom. The molecule has 8 heteroatoms. The normalized spacial score (nSPS) is 11.5. The van der Waals surface area contributed by atoms with Crippen LogP contribution in [0.2, 0.25) is 0 Å². The number of aromatic amines is 1. The van der Waals surface area contributed by atoms with Gasteiger partial charge in [-0.2, -0.15) is 5.21 Å². The third kappa shape index (κ3) is 3.32. The van der Waals surface area contributed by atoms with Gasteiger partial charge in [-0.15, -0.1) is 10.2 Å². The zero-order valence-electron chi connectivity index (χ0n) is 12.8. The van der Waals surface area contributed by atoms with Crippen LogP contribution in [-0.4, -0.2) is 38.6 Å². The van der Waals surface area contributed by atoms with E-state index in [1.165, 1.54) is 12.5 Å². The fourth-order valence-electron chi connectivity index (χ4n) is 2.18. The average Bonchev–Trinajstić information content (AvgIpc) is 3.27. The van der Waals surface area contributed by atoms with Crippen LogP contribution >= 0.6 is 0 Å². The molecular weight excluding hydrogens is 312 g/mol. The number of allylic oxidation sites excluding steroid dienone is 1. The fourth-order valence-corrected chi connectivity index (χ4v) is 2.18. The van der Waals surface area contributed by atoms with Gasteiger partial charge in [0.1, 0.15) is 12.0 Å². The summed E-state index contributed by atoms with van der Waals surface area (Å²) in [6.45, 7) is 0. The lowest BCUT2D eigenvalue weighted by molar-refractivity contribution is 0.104. The van der Waals surface area contributed by atoms with Crippen LogP contribution in [0.15, 0.2) is 47.3 Å². The molecule has 0 saturated heterocycles. The molecule has 0 aliphatic rings. The Labute approximate surface area is 136 Å². The van der Waals surface area contributed by atoms with Gasteiger partial charge in [0, 0.05) is 18.1 Å². The van der Waals surface area contributed by atoms with Crippen molar-refractivity contribution in [2.45, 2.75) is 6.42 Å². The van der Waals surface area contributed by atoms with E-state index in [-0.39, 0.29) is 11.6 Å². The highest BCUT2D eigenvalue weighted by molar-refractivity contribution is 6.08. The van der Waals surface area contributed by atoms with Crippen LogP contribution in [0.25, 0.3) is 5.76 Å². The number of nitrogens with zero attached hydrogens (tertiary/aromatic N) is 3. The molecule has 0 atom stereocenters. The molecule has 1 aromatic carbocycles. The fraction of sp³-hybridized carbons (Fsp3) is 0.125. The van der Waals surface area contributed by atoms with Gasteiger partial charge < -0.3 is 14.3 Å². The molecule has 0 aliphatic carbocycles. The maximum atomic E-state index is 12.3. The second-order valence-electron chi connectivity index (χ2n) is 4.96. The second kappa shape index (κ2) is 6.78. The van der Waals surface area contributed by atoms with Gasteiger partial charge in [0.05, 0.1) is 18.9 Å². The van der Waals surface area contributed by atoms with Crippen LogP contribution in [0.3, 0.4) is 0 Å². The highest BCUT2D eigenvalue weighted by atomic mass is 16.5. The SMILES string of the molecule is COc1ccc(Cc2cocc2C(=O)C=C(O)c2nn[nH]n2)cc1. The molecule has 0 amide bonds. The van der Waals surface area contributed by atoms with E-state index < -0.39 is 5.78 Å². The third-order valence-corrected chi connectivity index (χ3v) is 3.40. The molecule has 0 radical (unpaired) electrons. The zero-order chi connectivity index (χ0) is 16.9. The van der Waals surface area contributed by atoms with Crippen LogP contribution in [-0.2, 0) is 6.42 Å². The van der Waals surface area contributed by atoms with E-state index in [2.05, 4.69) is 20.6 Å². The van der Waals surface area contributed by atoms with E-state index >= 15 is 0 Å². The Hall–Kier alpha value is -3.42. The summed E-state index contributed by atoms with van der Waals surface area (Å²) in [5, 5.41) is 22.6. The lowest BCUT2D eigenvalue weighted by Crippen LogP contribution is -2.00. The summed E-state index contributed by atoms with van der Waals surface area (Å²) >= 11 is 0. The molecule has 2 N–H and O–H groups in total. The van der Waals surface area contributed by atoms with Gasteiger partial charge in [0.25, 0.3) is 0 Å². The first kappa shape index (κ1) is 15.5. The summed E-state index contributed by atoms with van der Waals surface area (Å²) in [5.41, 5.74) is 2.07. The molecule has 0 unspecified atom stereocenters. The Morgan fingerprint density at radius 1 is 1.33 bits per heavy atom. The molecule has 3 rings (SSSR count). The zero-order valence-corrected chi connectivity index (χ0v) is 12.8. The van der Waals surface area contributed by atoms with E-state index in [1.54, 1.807) is 7.11 Å². The number of benzene rings is 1. The second-order valence-corrected chi connectivity index (χ2v) is 4.96. The van der Waals surface area contributed by atoms with E-state index in [4.69, 9.17) is 9.15 Å². The van der Waals surface area contributed by atoms with Gasteiger partial charge in [0.15, 0.2) is 11.5 Å². The van der Waals surface area contributed by atoms with Crippen molar-refractivity contribution in [1.29, 1.82) is 0 Å². The first-order valence-electron chi connectivity index (χ1n) is 7.04. The minimum Gasteiger partial charge on any atom is -0.504 e. The molecule has 122 valence electrons. The number of rotatable bonds is 6. The number of carbonyl (C=O) groups is 1.